The summed E-state index contributed by atoms with van der Waals surface area (Å²) in [5.41, 5.74) is 0. The van der Waals surface area contributed by atoms with Crippen molar-refractivity contribution >= 4 is 17.9 Å². The largest absolute Gasteiger partial charge is 0.481 e. The summed E-state index contributed by atoms with van der Waals surface area (Å²) in [7, 11) is 0. The predicted molar refractivity (Wildman–Crippen MR) is 68.3 cm³/mol. The Balaban J connectivity index is 1.97. The van der Waals surface area contributed by atoms with E-state index in [1.54, 1.807) is 0 Å². The van der Waals surface area contributed by atoms with E-state index in [0.29, 0.717) is 6.42 Å². The number of carboxylic acid groups (broad SMARTS) is 1. The van der Waals surface area contributed by atoms with Gasteiger partial charge in [-0.15, -0.1) is 0 Å². The van der Waals surface area contributed by atoms with Crippen LogP contribution in [0.1, 0.15) is 51.4 Å². The molecule has 0 spiro atoms. The summed E-state index contributed by atoms with van der Waals surface area (Å²) in [5.74, 6) is -1.89. The summed E-state index contributed by atoms with van der Waals surface area (Å²) in [6, 6.07) is 0. The fourth-order valence-electron chi connectivity index (χ4n) is 1.97. The van der Waals surface area contributed by atoms with Crippen molar-refractivity contribution in [1.82, 2.24) is 0 Å². The Morgan fingerprint density at radius 3 is 2.58 bits per heavy atom. The highest BCUT2D eigenvalue weighted by molar-refractivity contribution is 5.94. The molecule has 1 fully saturated rings. The van der Waals surface area contributed by atoms with Gasteiger partial charge in [-0.3, -0.25) is 14.4 Å². The maximum atomic E-state index is 11.2. The molecule has 0 bridgehead atoms. The smallest absolute Gasteiger partial charge is 0.317 e. The zero-order valence-electron chi connectivity index (χ0n) is 11.0. The van der Waals surface area contributed by atoms with Crippen molar-refractivity contribution in [3.63, 3.8) is 0 Å². The van der Waals surface area contributed by atoms with Gasteiger partial charge in [0.15, 0.2) is 0 Å². The van der Waals surface area contributed by atoms with E-state index in [4.69, 9.17) is 5.11 Å². The van der Waals surface area contributed by atoms with Crippen LogP contribution in [-0.4, -0.2) is 23.0 Å². The molecule has 1 aliphatic heterocycles. The van der Waals surface area contributed by atoms with Crippen LogP contribution < -0.4 is 0 Å². The summed E-state index contributed by atoms with van der Waals surface area (Å²) in [5, 5.41) is 8.46. The van der Waals surface area contributed by atoms with Crippen LogP contribution in [-0.2, 0) is 19.1 Å². The number of rotatable bonds is 9. The van der Waals surface area contributed by atoms with E-state index in [2.05, 4.69) is 4.74 Å². The normalized spacial score (nSPS) is 19.1. The first-order valence-electron chi connectivity index (χ1n) is 6.71. The number of carboxylic acids is 1. The standard InChI is InChI=1S/C14H20O5/c15-12(16)9-7-5-3-1-2-4-6-8-11-10-13(17)19-14(11)18/h4,6,11H,1-3,5,7-10H2,(H,15,16)/b6-4+. The van der Waals surface area contributed by atoms with Gasteiger partial charge in [-0.05, 0) is 25.7 Å². The molecule has 0 aromatic rings. The van der Waals surface area contributed by atoms with Crippen LogP contribution in [0.5, 0.6) is 0 Å². The molecule has 1 saturated heterocycles. The number of allylic oxidation sites excluding steroid dienone is 2. The first-order chi connectivity index (χ1) is 9.09. The summed E-state index contributed by atoms with van der Waals surface area (Å²) >= 11 is 0. The Morgan fingerprint density at radius 1 is 1.21 bits per heavy atom. The van der Waals surface area contributed by atoms with Gasteiger partial charge < -0.3 is 9.84 Å². The second kappa shape index (κ2) is 8.45. The summed E-state index contributed by atoms with van der Waals surface area (Å²) in [6.07, 6.45) is 9.54. The molecule has 0 aromatic heterocycles. The van der Waals surface area contributed by atoms with E-state index < -0.39 is 17.9 Å². The molecule has 5 nitrogen and oxygen atoms in total. The number of cyclic esters (lactones) is 2. The zero-order valence-corrected chi connectivity index (χ0v) is 11.0. The summed E-state index contributed by atoms with van der Waals surface area (Å²) in [4.78, 5) is 32.3. The van der Waals surface area contributed by atoms with Crippen LogP contribution >= 0.6 is 0 Å². The molecule has 0 radical (unpaired) electrons. The van der Waals surface area contributed by atoms with Crippen molar-refractivity contribution in [2.45, 2.75) is 51.4 Å². The Hall–Kier alpha value is -1.65. The molecule has 1 atom stereocenters. The van der Waals surface area contributed by atoms with Crippen molar-refractivity contribution in [2.75, 3.05) is 0 Å². The highest BCUT2D eigenvalue weighted by Crippen LogP contribution is 2.19. The van der Waals surface area contributed by atoms with E-state index in [1.807, 2.05) is 12.2 Å². The monoisotopic (exact) mass is 268 g/mol. The minimum Gasteiger partial charge on any atom is -0.481 e. The van der Waals surface area contributed by atoms with Gasteiger partial charge in [-0.1, -0.05) is 25.0 Å². The molecule has 106 valence electrons. The third-order valence-electron chi connectivity index (χ3n) is 3.06. The lowest BCUT2D eigenvalue weighted by Gasteiger charge is -1.99. The number of esters is 2. The van der Waals surface area contributed by atoms with Crippen LogP contribution in [0.25, 0.3) is 0 Å². The van der Waals surface area contributed by atoms with Crippen molar-refractivity contribution in [3.8, 4) is 0 Å². The predicted octanol–water partition coefficient (Wildman–Crippen LogP) is 2.45. The van der Waals surface area contributed by atoms with Gasteiger partial charge in [0.25, 0.3) is 0 Å². The van der Waals surface area contributed by atoms with E-state index >= 15 is 0 Å². The van der Waals surface area contributed by atoms with Gasteiger partial charge in [-0.25, -0.2) is 0 Å². The average Bonchev–Trinajstić information content (AvgIpc) is 2.65. The van der Waals surface area contributed by atoms with Gasteiger partial charge in [0.05, 0.1) is 12.3 Å². The van der Waals surface area contributed by atoms with Gasteiger partial charge >= 0.3 is 17.9 Å². The second-order valence-corrected chi connectivity index (χ2v) is 4.75. The van der Waals surface area contributed by atoms with E-state index in [0.717, 1.165) is 32.1 Å². The third-order valence-corrected chi connectivity index (χ3v) is 3.06. The highest BCUT2D eigenvalue weighted by atomic mass is 16.6. The van der Waals surface area contributed by atoms with Crippen molar-refractivity contribution in [1.29, 1.82) is 0 Å². The van der Waals surface area contributed by atoms with Crippen LogP contribution in [0, 0.1) is 5.92 Å². The molecule has 19 heavy (non-hydrogen) atoms. The first-order valence-corrected chi connectivity index (χ1v) is 6.71. The number of aliphatic carboxylic acids is 1. The molecular weight excluding hydrogens is 248 g/mol. The van der Waals surface area contributed by atoms with Crippen LogP contribution in [0.15, 0.2) is 12.2 Å². The summed E-state index contributed by atoms with van der Waals surface area (Å²) < 4.78 is 4.46. The molecule has 5 heteroatoms. The molecular formula is C14H20O5. The zero-order chi connectivity index (χ0) is 14.1. The fourth-order valence-corrected chi connectivity index (χ4v) is 1.97. The first kappa shape index (κ1) is 15.4. The van der Waals surface area contributed by atoms with Gasteiger partial charge in [0.2, 0.25) is 0 Å². The molecule has 1 aliphatic rings. The third kappa shape index (κ3) is 6.74. The average molecular weight is 268 g/mol. The number of ether oxygens (including phenoxy) is 1. The minimum atomic E-state index is -0.738. The second-order valence-electron chi connectivity index (χ2n) is 4.75. The molecule has 0 amide bonds. The molecule has 1 heterocycles. The van der Waals surface area contributed by atoms with Gasteiger partial charge in [0.1, 0.15) is 0 Å². The lowest BCUT2D eigenvalue weighted by molar-refractivity contribution is -0.153. The number of hydrogen-bond acceptors (Lipinski definition) is 4. The number of carbonyl (C=O) groups is 3. The molecule has 0 aliphatic carbocycles. The van der Waals surface area contributed by atoms with E-state index in [-0.39, 0.29) is 18.8 Å². The molecule has 1 unspecified atom stereocenters. The topological polar surface area (TPSA) is 80.7 Å². The van der Waals surface area contributed by atoms with Crippen LogP contribution in [0.2, 0.25) is 0 Å². The fraction of sp³-hybridized carbons (Fsp3) is 0.643. The van der Waals surface area contributed by atoms with Crippen molar-refractivity contribution in [3.05, 3.63) is 12.2 Å². The summed E-state index contributed by atoms with van der Waals surface area (Å²) in [6.45, 7) is 0. The Kier molecular flexibility index (Phi) is 6.85. The van der Waals surface area contributed by atoms with Gasteiger partial charge in [0, 0.05) is 6.42 Å². The maximum absolute atomic E-state index is 11.2. The van der Waals surface area contributed by atoms with E-state index in [1.165, 1.54) is 0 Å². The van der Waals surface area contributed by atoms with E-state index in [9.17, 15) is 14.4 Å². The van der Waals surface area contributed by atoms with Crippen LogP contribution in [0.4, 0.5) is 0 Å². The highest BCUT2D eigenvalue weighted by Gasteiger charge is 2.31. The number of hydrogen-bond donors (Lipinski definition) is 1. The number of unbranched alkanes of at least 4 members (excludes halogenated alkanes) is 4. The van der Waals surface area contributed by atoms with Crippen molar-refractivity contribution in [2.24, 2.45) is 5.92 Å². The van der Waals surface area contributed by atoms with Crippen molar-refractivity contribution < 1.29 is 24.2 Å². The van der Waals surface area contributed by atoms with Crippen LogP contribution in [0.3, 0.4) is 0 Å². The Bertz CT molecular complexity index is 359. The lowest BCUT2D eigenvalue weighted by atomic mass is 10.0. The SMILES string of the molecule is O=C(O)CCCCCC/C=C/CC1CC(=O)OC1=O. The Morgan fingerprint density at radius 2 is 1.95 bits per heavy atom. The van der Waals surface area contributed by atoms with Gasteiger partial charge in [-0.2, -0.15) is 0 Å². The molecule has 1 rings (SSSR count). The molecule has 1 N–H and O–H groups in total. The quantitative estimate of drug-likeness (QED) is 0.300. The molecule has 0 saturated carbocycles. The Labute approximate surface area is 112 Å². The number of carbonyl (C=O) groups excluding carboxylic acids is 2. The maximum Gasteiger partial charge on any atom is 0.317 e. The lowest BCUT2D eigenvalue weighted by Crippen LogP contribution is -2.05. The molecule has 0 aromatic carbocycles. The minimum absolute atomic E-state index is 0.193.